The van der Waals surface area contributed by atoms with Crippen molar-refractivity contribution in [1.29, 1.82) is 0 Å². The molecule has 0 aliphatic carbocycles. The maximum absolute atomic E-state index is 9.81. The predicted octanol–water partition coefficient (Wildman–Crippen LogP) is 2.48. The number of nitrogens with zero attached hydrogens (tertiary/aromatic N) is 2. The summed E-state index contributed by atoms with van der Waals surface area (Å²) in [6.07, 6.45) is 4.24. The first-order chi connectivity index (χ1) is 10.6. The first-order valence-electron chi connectivity index (χ1n) is 8.78. The first-order valence-corrected chi connectivity index (χ1v) is 8.78. The fraction of sp³-hybridized carbons (Fsp3) is 0.941. The average molecular weight is 439 g/mol. The number of rotatable bonds is 5. The Labute approximate surface area is 158 Å². The SMILES string of the molecule is CCNC(=NCC1(CO)CCOCC1)N1CCC(C)(CC)C1.I. The average Bonchev–Trinajstić information content (AvgIpc) is 2.95. The summed E-state index contributed by atoms with van der Waals surface area (Å²) in [6.45, 7) is 12.2. The van der Waals surface area contributed by atoms with Gasteiger partial charge in [-0.05, 0) is 38.0 Å². The van der Waals surface area contributed by atoms with Crippen LogP contribution in [0.1, 0.15) is 46.5 Å². The highest BCUT2D eigenvalue weighted by Gasteiger charge is 2.35. The van der Waals surface area contributed by atoms with Gasteiger partial charge >= 0.3 is 0 Å². The summed E-state index contributed by atoms with van der Waals surface area (Å²) in [4.78, 5) is 7.26. The van der Waals surface area contributed by atoms with Crippen LogP contribution in [-0.4, -0.2) is 62.0 Å². The summed E-state index contributed by atoms with van der Waals surface area (Å²) in [7, 11) is 0. The smallest absolute Gasteiger partial charge is 0.193 e. The third kappa shape index (κ3) is 5.46. The topological polar surface area (TPSA) is 57.1 Å². The van der Waals surface area contributed by atoms with E-state index in [1.165, 1.54) is 12.8 Å². The van der Waals surface area contributed by atoms with Crippen LogP contribution in [0.3, 0.4) is 0 Å². The van der Waals surface area contributed by atoms with Gasteiger partial charge in [0, 0.05) is 38.3 Å². The molecule has 0 aromatic rings. The molecule has 2 heterocycles. The Balaban J connectivity index is 0.00000264. The van der Waals surface area contributed by atoms with E-state index >= 15 is 0 Å². The highest BCUT2D eigenvalue weighted by molar-refractivity contribution is 14.0. The van der Waals surface area contributed by atoms with Gasteiger partial charge in [0.25, 0.3) is 0 Å². The van der Waals surface area contributed by atoms with Gasteiger partial charge in [0.15, 0.2) is 5.96 Å². The molecule has 0 bridgehead atoms. The van der Waals surface area contributed by atoms with E-state index < -0.39 is 0 Å². The molecule has 0 aromatic heterocycles. The van der Waals surface area contributed by atoms with Crippen LogP contribution >= 0.6 is 24.0 Å². The minimum atomic E-state index is -0.0906. The van der Waals surface area contributed by atoms with Crippen molar-refractivity contribution in [2.75, 3.05) is 46.0 Å². The van der Waals surface area contributed by atoms with Crippen molar-refractivity contribution in [2.45, 2.75) is 46.5 Å². The van der Waals surface area contributed by atoms with Gasteiger partial charge in [0.05, 0.1) is 13.2 Å². The molecule has 0 radical (unpaired) electrons. The van der Waals surface area contributed by atoms with Crippen LogP contribution in [0, 0.1) is 10.8 Å². The molecule has 2 aliphatic rings. The standard InChI is InChI=1S/C17H33N3O2.HI/c1-4-16(3)6-9-20(13-16)15(18-5-2)19-12-17(14-21)7-10-22-11-8-17;/h21H,4-14H2,1-3H3,(H,18,19);1H. The van der Waals surface area contributed by atoms with Gasteiger partial charge < -0.3 is 20.1 Å². The van der Waals surface area contributed by atoms with Crippen molar-refractivity contribution in [3.63, 3.8) is 0 Å². The summed E-state index contributed by atoms with van der Waals surface area (Å²) >= 11 is 0. The Morgan fingerprint density at radius 1 is 1.26 bits per heavy atom. The van der Waals surface area contributed by atoms with Crippen LogP contribution in [0.4, 0.5) is 0 Å². The van der Waals surface area contributed by atoms with E-state index in [0.29, 0.717) is 12.0 Å². The molecule has 2 fully saturated rings. The molecule has 1 atom stereocenters. The quantitative estimate of drug-likeness (QED) is 0.393. The van der Waals surface area contributed by atoms with Crippen LogP contribution in [0.15, 0.2) is 4.99 Å². The highest BCUT2D eigenvalue weighted by Crippen LogP contribution is 2.34. The summed E-state index contributed by atoms with van der Waals surface area (Å²) < 4.78 is 5.44. The molecule has 0 aromatic carbocycles. The first kappa shape index (κ1) is 21.0. The van der Waals surface area contributed by atoms with Crippen LogP contribution in [0.25, 0.3) is 0 Å². The van der Waals surface area contributed by atoms with Crippen molar-refractivity contribution < 1.29 is 9.84 Å². The minimum absolute atomic E-state index is 0. The molecule has 136 valence electrons. The van der Waals surface area contributed by atoms with E-state index in [4.69, 9.17) is 9.73 Å². The molecule has 1 unspecified atom stereocenters. The summed E-state index contributed by atoms with van der Waals surface area (Å²) in [5.74, 6) is 1.01. The van der Waals surface area contributed by atoms with E-state index in [2.05, 4.69) is 31.0 Å². The van der Waals surface area contributed by atoms with E-state index in [-0.39, 0.29) is 36.0 Å². The molecule has 2 N–H and O–H groups in total. The summed E-state index contributed by atoms with van der Waals surface area (Å²) in [6, 6.07) is 0. The zero-order chi connectivity index (χ0) is 16.1. The molecule has 2 aliphatic heterocycles. The number of aliphatic hydroxyl groups excluding tert-OH is 1. The second kappa shape index (κ2) is 9.42. The Kier molecular flexibility index (Phi) is 8.58. The van der Waals surface area contributed by atoms with Gasteiger partial charge in [-0.3, -0.25) is 4.99 Å². The fourth-order valence-corrected chi connectivity index (χ4v) is 3.33. The molecular formula is C17H34IN3O2. The van der Waals surface area contributed by atoms with Crippen LogP contribution < -0.4 is 5.32 Å². The van der Waals surface area contributed by atoms with Crippen molar-refractivity contribution in [3.8, 4) is 0 Å². The Morgan fingerprint density at radius 3 is 2.48 bits per heavy atom. The van der Waals surface area contributed by atoms with Crippen molar-refractivity contribution in [3.05, 3.63) is 0 Å². The maximum Gasteiger partial charge on any atom is 0.193 e. The summed E-state index contributed by atoms with van der Waals surface area (Å²) in [5.41, 5.74) is 0.316. The van der Waals surface area contributed by atoms with Crippen molar-refractivity contribution >= 4 is 29.9 Å². The molecule has 5 nitrogen and oxygen atoms in total. The number of likely N-dealkylation sites (tertiary alicyclic amines) is 1. The summed E-state index contributed by atoms with van der Waals surface area (Å²) in [5, 5.41) is 13.2. The lowest BCUT2D eigenvalue weighted by atomic mass is 9.81. The number of guanidine groups is 1. The monoisotopic (exact) mass is 439 g/mol. The lowest BCUT2D eigenvalue weighted by Gasteiger charge is -2.34. The number of ether oxygens (including phenoxy) is 1. The Bertz CT molecular complexity index is 386. The predicted molar refractivity (Wildman–Crippen MR) is 106 cm³/mol. The van der Waals surface area contributed by atoms with Gasteiger partial charge in [-0.1, -0.05) is 13.8 Å². The largest absolute Gasteiger partial charge is 0.396 e. The number of halogens is 1. The van der Waals surface area contributed by atoms with Crippen molar-refractivity contribution in [1.82, 2.24) is 10.2 Å². The second-order valence-corrected chi connectivity index (χ2v) is 7.28. The maximum atomic E-state index is 9.81. The molecule has 0 spiro atoms. The van der Waals surface area contributed by atoms with E-state index in [1.54, 1.807) is 0 Å². The third-order valence-electron chi connectivity index (χ3n) is 5.50. The molecule has 6 heteroatoms. The number of hydrogen-bond donors (Lipinski definition) is 2. The minimum Gasteiger partial charge on any atom is -0.396 e. The molecule has 2 rings (SSSR count). The highest BCUT2D eigenvalue weighted by atomic mass is 127. The number of hydrogen-bond acceptors (Lipinski definition) is 3. The number of aliphatic imine (C=N–C) groups is 1. The van der Waals surface area contributed by atoms with E-state index in [1.807, 2.05) is 0 Å². The molecule has 0 amide bonds. The van der Waals surface area contributed by atoms with Gasteiger partial charge in [0.1, 0.15) is 0 Å². The second-order valence-electron chi connectivity index (χ2n) is 7.28. The van der Waals surface area contributed by atoms with Crippen molar-refractivity contribution in [2.24, 2.45) is 15.8 Å². The van der Waals surface area contributed by atoms with Crippen LogP contribution in [0.5, 0.6) is 0 Å². The molecule has 2 saturated heterocycles. The zero-order valence-corrected chi connectivity index (χ0v) is 17.3. The lowest BCUT2D eigenvalue weighted by Crippen LogP contribution is -2.43. The fourth-order valence-electron chi connectivity index (χ4n) is 3.33. The number of aliphatic hydroxyl groups is 1. The molecule has 23 heavy (non-hydrogen) atoms. The van der Waals surface area contributed by atoms with E-state index in [0.717, 1.165) is 51.6 Å². The van der Waals surface area contributed by atoms with E-state index in [9.17, 15) is 5.11 Å². The van der Waals surface area contributed by atoms with Gasteiger partial charge in [-0.25, -0.2) is 0 Å². The van der Waals surface area contributed by atoms with Crippen LogP contribution in [-0.2, 0) is 4.74 Å². The van der Waals surface area contributed by atoms with Crippen LogP contribution in [0.2, 0.25) is 0 Å². The van der Waals surface area contributed by atoms with Gasteiger partial charge in [0.2, 0.25) is 0 Å². The Morgan fingerprint density at radius 2 is 1.96 bits per heavy atom. The number of nitrogens with one attached hydrogen (secondary N) is 1. The third-order valence-corrected chi connectivity index (χ3v) is 5.50. The van der Waals surface area contributed by atoms with Gasteiger partial charge in [-0.15, -0.1) is 24.0 Å². The lowest BCUT2D eigenvalue weighted by molar-refractivity contribution is -0.0107. The zero-order valence-electron chi connectivity index (χ0n) is 14.9. The normalized spacial score (nSPS) is 27.7. The molecule has 0 saturated carbocycles. The Hall–Kier alpha value is -0.0800. The van der Waals surface area contributed by atoms with Gasteiger partial charge in [-0.2, -0.15) is 0 Å². The molecular weight excluding hydrogens is 405 g/mol.